The van der Waals surface area contributed by atoms with Gasteiger partial charge in [-0.2, -0.15) is 57.3 Å². The van der Waals surface area contributed by atoms with Gasteiger partial charge in [0.05, 0.1) is 0 Å². The molecule has 2 aromatic heterocycles. The minimum atomic E-state index is -6.72. The van der Waals surface area contributed by atoms with Crippen molar-refractivity contribution in [2.75, 3.05) is 6.16 Å². The Labute approximate surface area is 315 Å². The number of aryl methyl sites for hydroxylation is 4. The molecule has 2 heterocycles. The maximum absolute atomic E-state index is 11.4. The molecule has 0 unspecified atom stereocenters. The van der Waals surface area contributed by atoms with Crippen molar-refractivity contribution >= 4 is 47.7 Å². The number of hydrogen-bond donors (Lipinski definition) is 2. The average molecular weight is 945 g/mol. The molecule has 1 aromatic carbocycles. The average Bonchev–Trinajstić information content (AvgIpc) is 2.97. The predicted molar refractivity (Wildman–Crippen MR) is 171 cm³/mol. The SMILES string of the molecule is Cc1cc(C)c(-[n+]2ccc(-c3cc[n+](CCP(=O)(O)O)cc3)cc2)c(C)c1.O=S(=O)([N-]S(=O)(=O)C(F)(F)F)C(F)(F)F.O=S(=O)([N-]S(=O)(=O)C(F)(F)F)C(F)(F)F. The highest BCUT2D eigenvalue weighted by molar-refractivity contribution is 8.13. The van der Waals surface area contributed by atoms with E-state index in [4.69, 9.17) is 9.79 Å². The molecule has 0 spiro atoms. The molecule has 57 heavy (non-hydrogen) atoms. The third kappa shape index (κ3) is 15.0. The third-order valence-electron chi connectivity index (χ3n) is 6.16. The molecule has 0 aliphatic carbocycles. The Morgan fingerprint density at radius 2 is 0.842 bits per heavy atom. The summed E-state index contributed by atoms with van der Waals surface area (Å²) in [5.74, 6) is 0. The number of sulfonamides is 4. The zero-order valence-electron chi connectivity index (χ0n) is 28.2. The molecule has 324 valence electrons. The predicted octanol–water partition coefficient (Wildman–Crippen LogP) is 5.14. The lowest BCUT2D eigenvalue weighted by molar-refractivity contribution is -0.692. The van der Waals surface area contributed by atoms with Gasteiger partial charge in [0.25, 0.3) is 0 Å². The Morgan fingerprint density at radius 3 is 1.11 bits per heavy atom. The van der Waals surface area contributed by atoms with Gasteiger partial charge in [-0.15, -0.1) is 0 Å². The van der Waals surface area contributed by atoms with Crippen molar-refractivity contribution in [2.24, 2.45) is 0 Å². The second-order valence-corrected chi connectivity index (χ2v) is 19.4. The first-order chi connectivity index (χ1) is 25.1. The molecule has 3 rings (SSSR count). The van der Waals surface area contributed by atoms with E-state index in [-0.39, 0.29) is 6.16 Å². The number of nitrogens with zero attached hydrogens (tertiary/aromatic N) is 4. The quantitative estimate of drug-likeness (QED) is 0.162. The van der Waals surface area contributed by atoms with E-state index in [2.05, 4.69) is 62.0 Å². The molecule has 0 fully saturated rings. The van der Waals surface area contributed by atoms with Gasteiger partial charge in [-0.1, -0.05) is 5.56 Å². The number of aromatic nitrogens is 2. The van der Waals surface area contributed by atoms with E-state index in [0.717, 1.165) is 19.4 Å². The Bertz CT molecular complexity index is 2190. The minimum Gasteiger partial charge on any atom is -0.421 e. The molecule has 0 atom stereocenters. The zero-order chi connectivity index (χ0) is 45.0. The van der Waals surface area contributed by atoms with E-state index < -0.39 is 69.7 Å². The van der Waals surface area contributed by atoms with Gasteiger partial charge in [-0.25, -0.2) is 38.2 Å². The largest absolute Gasteiger partial charge is 0.480 e. The molecular weight excluding hydrogens is 920 g/mol. The molecule has 0 aliphatic rings. The van der Waals surface area contributed by atoms with Crippen molar-refractivity contribution in [2.45, 2.75) is 49.3 Å². The summed E-state index contributed by atoms with van der Waals surface area (Å²) in [6, 6.07) is 12.5. The molecule has 15 nitrogen and oxygen atoms in total. The van der Waals surface area contributed by atoms with E-state index >= 15 is 0 Å². The van der Waals surface area contributed by atoms with Gasteiger partial charge in [0, 0.05) is 35.4 Å². The van der Waals surface area contributed by atoms with Crippen LogP contribution in [-0.2, 0) is 51.2 Å². The highest BCUT2D eigenvalue weighted by atomic mass is 32.3. The third-order valence-corrected chi connectivity index (χ3v) is 12.4. The summed E-state index contributed by atoms with van der Waals surface area (Å²) < 4.78 is 233. The Hall–Kier alpha value is -3.45. The van der Waals surface area contributed by atoms with Crippen LogP contribution in [0, 0.1) is 20.8 Å². The lowest BCUT2D eigenvalue weighted by Gasteiger charge is -2.22. The van der Waals surface area contributed by atoms with Crippen LogP contribution >= 0.6 is 7.60 Å². The summed E-state index contributed by atoms with van der Waals surface area (Å²) in [4.78, 5) is 18.0. The van der Waals surface area contributed by atoms with Gasteiger partial charge in [0.1, 0.15) is 6.16 Å². The van der Waals surface area contributed by atoms with Crippen LogP contribution in [0.25, 0.3) is 25.1 Å². The van der Waals surface area contributed by atoms with Crippen LogP contribution in [0.2, 0.25) is 0 Å². The summed E-state index contributed by atoms with van der Waals surface area (Å²) >= 11 is 0. The van der Waals surface area contributed by atoms with Crippen LogP contribution in [0.3, 0.4) is 0 Å². The van der Waals surface area contributed by atoms with Crippen molar-refractivity contribution in [3.05, 3.63) is 86.1 Å². The first-order valence-corrected chi connectivity index (χ1v) is 21.6. The maximum Gasteiger partial charge on any atom is 0.480 e. The fourth-order valence-electron chi connectivity index (χ4n) is 3.82. The standard InChI is InChI=1S/C21H23N2O3P.2C2F6NO4S2/c1-16-14-17(2)21(18(3)15-16)23-10-6-20(7-11-23)19-4-8-22(9-5-19)12-13-27(24,25)26;2*3-1(4,5)14(10,11)9-15(12,13)2(6,7)8/h4-11,14-15H,12-13H2,1-3H3;;/q;2*-1/p+2. The molecule has 32 heteroatoms. The number of halogens is 12. The van der Waals surface area contributed by atoms with Crippen molar-refractivity contribution < 1.29 is 110 Å². The first-order valence-electron chi connectivity index (χ1n) is 14.0. The molecular formula is C25H25F12N4O11PS4. The van der Waals surface area contributed by atoms with E-state index in [1.165, 1.54) is 22.4 Å². The summed E-state index contributed by atoms with van der Waals surface area (Å²) in [6.07, 6.45) is 7.67. The van der Waals surface area contributed by atoms with Crippen LogP contribution < -0.4 is 9.13 Å². The van der Waals surface area contributed by atoms with Gasteiger partial charge in [0.15, 0.2) is 71.4 Å². The van der Waals surface area contributed by atoms with Crippen LogP contribution in [0.15, 0.2) is 61.2 Å². The van der Waals surface area contributed by atoms with Gasteiger partial charge < -0.3 is 18.0 Å². The van der Waals surface area contributed by atoms with E-state index in [0.29, 0.717) is 6.54 Å². The molecule has 0 saturated heterocycles. The normalized spacial score (nSPS) is 13.6. The van der Waals surface area contributed by atoms with Gasteiger partial charge >= 0.3 is 29.6 Å². The number of pyridine rings is 2. The fraction of sp³-hybridized carbons (Fsp3) is 0.360. The van der Waals surface area contributed by atoms with Crippen LogP contribution in [0.4, 0.5) is 52.7 Å². The maximum atomic E-state index is 11.4. The Balaban J connectivity index is 0.000000465. The highest BCUT2D eigenvalue weighted by Crippen LogP contribution is 2.37. The van der Waals surface area contributed by atoms with Crippen molar-refractivity contribution in [1.82, 2.24) is 0 Å². The highest BCUT2D eigenvalue weighted by Gasteiger charge is 2.48. The van der Waals surface area contributed by atoms with Gasteiger partial charge in [-0.05, 0) is 44.0 Å². The smallest absolute Gasteiger partial charge is 0.421 e. The Morgan fingerprint density at radius 1 is 0.561 bits per heavy atom. The Kier molecular flexibility index (Phi) is 16.1. The zero-order valence-corrected chi connectivity index (χ0v) is 32.3. The molecule has 0 radical (unpaired) electrons. The topological polar surface area (TPSA) is 230 Å². The van der Waals surface area contributed by atoms with Crippen LogP contribution in [0.1, 0.15) is 16.7 Å². The number of benzene rings is 1. The van der Waals surface area contributed by atoms with Crippen molar-refractivity contribution in [3.63, 3.8) is 0 Å². The van der Waals surface area contributed by atoms with E-state index in [9.17, 15) is 90.9 Å². The van der Waals surface area contributed by atoms with Crippen LogP contribution in [0.5, 0.6) is 0 Å². The first kappa shape index (κ1) is 51.6. The van der Waals surface area contributed by atoms with E-state index in [1.807, 2.05) is 24.5 Å². The summed E-state index contributed by atoms with van der Waals surface area (Å²) in [6.45, 7) is 6.66. The monoisotopic (exact) mass is 944 g/mol. The lowest BCUT2D eigenvalue weighted by Crippen LogP contribution is -2.34. The van der Waals surface area contributed by atoms with Crippen molar-refractivity contribution in [3.8, 4) is 16.8 Å². The molecule has 3 aromatic rings. The molecule has 0 saturated carbocycles. The lowest BCUT2D eigenvalue weighted by atomic mass is 10.0. The summed E-state index contributed by atoms with van der Waals surface area (Å²) in [7, 11) is -30.9. The van der Waals surface area contributed by atoms with Crippen molar-refractivity contribution in [1.29, 1.82) is 0 Å². The summed E-state index contributed by atoms with van der Waals surface area (Å²) in [5.41, 5.74) is -17.7. The molecule has 0 amide bonds. The van der Waals surface area contributed by atoms with Gasteiger partial charge in [-0.3, -0.25) is 4.57 Å². The molecule has 0 aliphatic heterocycles. The second kappa shape index (κ2) is 17.8. The fourth-order valence-corrected chi connectivity index (χ4v) is 7.73. The minimum absolute atomic E-state index is 0.155. The number of rotatable bonds is 9. The summed E-state index contributed by atoms with van der Waals surface area (Å²) in [5, 5.41) is 0. The second-order valence-electron chi connectivity index (χ2n) is 10.8. The molecule has 2 N–H and O–H groups in total. The van der Waals surface area contributed by atoms with E-state index in [1.54, 1.807) is 4.57 Å². The van der Waals surface area contributed by atoms with Crippen LogP contribution in [-0.4, -0.2) is 71.7 Å². The molecule has 0 bridgehead atoms. The number of hydrogen-bond acceptors (Lipinski definition) is 9. The number of alkyl halides is 12. The van der Waals surface area contributed by atoms with Gasteiger partial charge in [0.2, 0.25) is 5.69 Å².